The Bertz CT molecular complexity index is 758. The van der Waals surface area contributed by atoms with Gasteiger partial charge in [0.2, 0.25) is 17.7 Å². The molecule has 0 aliphatic carbocycles. The minimum Gasteiger partial charge on any atom is -0.452 e. The topological polar surface area (TPSA) is 122 Å². The van der Waals surface area contributed by atoms with Crippen LogP contribution in [0.2, 0.25) is 0 Å². The van der Waals surface area contributed by atoms with Crippen molar-refractivity contribution in [3.8, 4) is 0 Å². The Morgan fingerprint density at radius 1 is 1.11 bits per heavy atom. The molecule has 1 aromatic carbocycles. The van der Waals surface area contributed by atoms with Gasteiger partial charge < -0.3 is 15.4 Å². The maximum atomic E-state index is 12.1. The van der Waals surface area contributed by atoms with Crippen molar-refractivity contribution in [3.05, 3.63) is 29.8 Å². The second-order valence-corrected chi connectivity index (χ2v) is 6.25. The number of carbonyl (C=O) groups is 5. The lowest BCUT2D eigenvalue weighted by Gasteiger charge is -2.14. The molecule has 0 aromatic heterocycles. The minimum atomic E-state index is -0.780. The molecule has 4 amide bonds. The van der Waals surface area contributed by atoms with Crippen molar-refractivity contribution in [2.75, 3.05) is 18.1 Å². The molecule has 2 N–H and O–H groups in total. The number of ether oxygens (including phenoxy) is 1. The summed E-state index contributed by atoms with van der Waals surface area (Å²) in [5, 5.41) is 4.94. The predicted octanol–water partition coefficient (Wildman–Crippen LogP) is 0.138. The van der Waals surface area contributed by atoms with Gasteiger partial charge in [-0.3, -0.25) is 24.1 Å². The molecule has 0 atom stereocenters. The molecule has 1 aliphatic heterocycles. The maximum Gasteiger partial charge on any atom is 0.338 e. The predicted molar refractivity (Wildman–Crippen MR) is 94.7 cm³/mol. The van der Waals surface area contributed by atoms with E-state index in [1.165, 1.54) is 24.3 Å². The lowest BCUT2D eigenvalue weighted by Crippen LogP contribution is -2.41. The van der Waals surface area contributed by atoms with Gasteiger partial charge in [-0.05, 0) is 32.0 Å². The molecule has 1 aromatic rings. The van der Waals surface area contributed by atoms with Gasteiger partial charge in [0.25, 0.3) is 5.91 Å². The second kappa shape index (κ2) is 8.93. The first-order valence-electron chi connectivity index (χ1n) is 8.47. The van der Waals surface area contributed by atoms with E-state index in [2.05, 4.69) is 10.6 Å². The third kappa shape index (κ3) is 5.63. The number of nitrogens with one attached hydrogen (secondary N) is 2. The van der Waals surface area contributed by atoms with Crippen molar-refractivity contribution in [3.63, 3.8) is 0 Å². The lowest BCUT2D eigenvalue weighted by atomic mass is 10.2. The van der Waals surface area contributed by atoms with E-state index in [4.69, 9.17) is 4.74 Å². The number of rotatable bonds is 7. The molecule has 2 rings (SSSR count). The van der Waals surface area contributed by atoms with Gasteiger partial charge in [0.05, 0.1) is 17.8 Å². The fourth-order valence-corrected chi connectivity index (χ4v) is 2.45. The first-order chi connectivity index (χ1) is 12.8. The van der Waals surface area contributed by atoms with Crippen molar-refractivity contribution in [1.29, 1.82) is 0 Å². The number of hydrogen-bond donors (Lipinski definition) is 2. The quantitative estimate of drug-likeness (QED) is 0.516. The third-order valence-corrected chi connectivity index (χ3v) is 3.62. The van der Waals surface area contributed by atoms with Crippen LogP contribution >= 0.6 is 0 Å². The summed E-state index contributed by atoms with van der Waals surface area (Å²) in [7, 11) is 0. The van der Waals surface area contributed by atoms with Crippen LogP contribution in [0, 0.1) is 0 Å². The fourth-order valence-electron chi connectivity index (χ4n) is 2.45. The van der Waals surface area contributed by atoms with Crippen molar-refractivity contribution in [1.82, 2.24) is 10.6 Å². The van der Waals surface area contributed by atoms with Crippen molar-refractivity contribution in [2.45, 2.75) is 32.7 Å². The molecule has 9 heteroatoms. The normalized spacial score (nSPS) is 13.7. The molecule has 1 saturated heterocycles. The van der Waals surface area contributed by atoms with E-state index in [9.17, 15) is 24.0 Å². The molecular weight excluding hydrogens is 354 g/mol. The molecule has 0 bridgehead atoms. The van der Waals surface area contributed by atoms with Gasteiger partial charge in [-0.2, -0.15) is 0 Å². The number of nitrogens with zero attached hydrogens (tertiary/aromatic N) is 1. The van der Waals surface area contributed by atoms with Crippen LogP contribution in [0.1, 0.15) is 37.0 Å². The molecule has 9 nitrogen and oxygen atoms in total. The highest BCUT2D eigenvalue weighted by atomic mass is 16.5. The zero-order chi connectivity index (χ0) is 20.0. The van der Waals surface area contributed by atoms with Gasteiger partial charge >= 0.3 is 5.97 Å². The van der Waals surface area contributed by atoms with E-state index in [0.717, 1.165) is 4.90 Å². The number of esters is 1. The highest BCUT2D eigenvalue weighted by Gasteiger charge is 2.30. The number of amides is 4. The van der Waals surface area contributed by atoms with E-state index in [0.29, 0.717) is 0 Å². The standard InChI is InChI=1S/C18H21N3O6/c1-11(2)20-14(22)9-19-15(23)10-27-18(26)12-4-3-5-13(8-12)21-16(24)6-7-17(21)25/h3-5,8,11H,6-7,9-10H2,1-2H3,(H,19,23)(H,20,22). The van der Waals surface area contributed by atoms with E-state index >= 15 is 0 Å². The van der Waals surface area contributed by atoms with Crippen LogP contribution in [0.3, 0.4) is 0 Å². The highest BCUT2D eigenvalue weighted by Crippen LogP contribution is 2.23. The summed E-state index contributed by atoms with van der Waals surface area (Å²) in [6.07, 6.45) is 0.274. The molecule has 1 aliphatic rings. The number of anilines is 1. The molecular formula is C18H21N3O6. The first-order valence-corrected chi connectivity index (χ1v) is 8.47. The smallest absolute Gasteiger partial charge is 0.338 e. The van der Waals surface area contributed by atoms with Crippen molar-refractivity contribution in [2.24, 2.45) is 0 Å². The van der Waals surface area contributed by atoms with E-state index in [1.807, 2.05) is 0 Å². The highest BCUT2D eigenvalue weighted by molar-refractivity contribution is 6.20. The van der Waals surface area contributed by atoms with E-state index < -0.39 is 18.5 Å². The molecule has 0 unspecified atom stereocenters. The largest absolute Gasteiger partial charge is 0.452 e. The van der Waals surface area contributed by atoms with Crippen LogP contribution < -0.4 is 15.5 Å². The Labute approximate surface area is 156 Å². The summed E-state index contributed by atoms with van der Waals surface area (Å²) >= 11 is 0. The van der Waals surface area contributed by atoms with Crippen LogP contribution in [-0.2, 0) is 23.9 Å². The zero-order valence-corrected chi connectivity index (χ0v) is 15.1. The monoisotopic (exact) mass is 375 g/mol. The summed E-state index contributed by atoms with van der Waals surface area (Å²) in [5.74, 6) is -2.41. The number of hydrogen-bond acceptors (Lipinski definition) is 6. The lowest BCUT2D eigenvalue weighted by molar-refractivity contribution is -0.128. The molecule has 144 valence electrons. The number of benzene rings is 1. The molecule has 0 spiro atoms. The molecule has 27 heavy (non-hydrogen) atoms. The zero-order valence-electron chi connectivity index (χ0n) is 15.1. The van der Waals surface area contributed by atoms with Crippen LogP contribution in [0.15, 0.2) is 24.3 Å². The molecule has 1 heterocycles. The van der Waals surface area contributed by atoms with Crippen molar-refractivity contribution < 1.29 is 28.7 Å². The van der Waals surface area contributed by atoms with Gasteiger partial charge in [0.15, 0.2) is 6.61 Å². The summed E-state index contributed by atoms with van der Waals surface area (Å²) in [6.45, 7) is 2.81. The number of carbonyl (C=O) groups excluding carboxylic acids is 5. The summed E-state index contributed by atoms with van der Waals surface area (Å²) in [4.78, 5) is 59.8. The van der Waals surface area contributed by atoms with Gasteiger partial charge in [0.1, 0.15) is 0 Å². The Balaban J connectivity index is 1.88. The average molecular weight is 375 g/mol. The van der Waals surface area contributed by atoms with Gasteiger partial charge in [-0.1, -0.05) is 6.07 Å². The van der Waals surface area contributed by atoms with Crippen molar-refractivity contribution >= 4 is 35.3 Å². The maximum absolute atomic E-state index is 12.1. The third-order valence-electron chi connectivity index (χ3n) is 3.62. The summed E-state index contributed by atoms with van der Waals surface area (Å²) in [6, 6.07) is 5.82. The van der Waals surface area contributed by atoms with E-state index in [-0.39, 0.29) is 54.4 Å². The molecule has 1 fully saturated rings. The number of imide groups is 1. The first kappa shape index (κ1) is 20.1. The Morgan fingerprint density at radius 2 is 1.78 bits per heavy atom. The summed E-state index contributed by atoms with van der Waals surface area (Å²) in [5.41, 5.74) is 0.386. The Kier molecular flexibility index (Phi) is 6.64. The van der Waals surface area contributed by atoms with Crippen LogP contribution in [0.25, 0.3) is 0 Å². The fraction of sp³-hybridized carbons (Fsp3) is 0.389. The molecule has 0 radical (unpaired) electrons. The van der Waals surface area contributed by atoms with Crippen LogP contribution in [-0.4, -0.2) is 48.8 Å². The van der Waals surface area contributed by atoms with Crippen LogP contribution in [0.4, 0.5) is 5.69 Å². The average Bonchev–Trinajstić information content (AvgIpc) is 2.96. The van der Waals surface area contributed by atoms with Gasteiger partial charge in [-0.15, -0.1) is 0 Å². The molecule has 0 saturated carbocycles. The van der Waals surface area contributed by atoms with Gasteiger partial charge in [0, 0.05) is 18.9 Å². The minimum absolute atomic E-state index is 0.0473. The SMILES string of the molecule is CC(C)NC(=O)CNC(=O)COC(=O)c1cccc(N2C(=O)CCC2=O)c1. The second-order valence-electron chi connectivity index (χ2n) is 6.25. The van der Waals surface area contributed by atoms with Gasteiger partial charge in [-0.25, -0.2) is 4.79 Å². The van der Waals surface area contributed by atoms with Crippen LogP contribution in [0.5, 0.6) is 0 Å². The Hall–Kier alpha value is -3.23. The van der Waals surface area contributed by atoms with E-state index in [1.54, 1.807) is 13.8 Å². The summed E-state index contributed by atoms with van der Waals surface area (Å²) < 4.78 is 4.90. The Morgan fingerprint density at radius 3 is 2.41 bits per heavy atom.